The van der Waals surface area contributed by atoms with Gasteiger partial charge in [0.05, 0.1) is 55.8 Å². The summed E-state index contributed by atoms with van der Waals surface area (Å²) in [6.07, 6.45) is 7.76. The third kappa shape index (κ3) is 3.84. The SMILES string of the molecule is COc1cc2ncc(-c3cnn(-c4cc(C)c(F)cc4C)c3)n2cc1N1CCN(C2COC2)CC1. The fourth-order valence-electron chi connectivity index (χ4n) is 4.97. The summed E-state index contributed by atoms with van der Waals surface area (Å²) >= 11 is 0. The summed E-state index contributed by atoms with van der Waals surface area (Å²) in [7, 11) is 1.71. The lowest BCUT2D eigenvalue weighted by Crippen LogP contribution is -2.56. The highest BCUT2D eigenvalue weighted by atomic mass is 19.1. The van der Waals surface area contributed by atoms with Crippen LogP contribution in [0.2, 0.25) is 0 Å². The predicted molar refractivity (Wildman–Crippen MR) is 132 cm³/mol. The first-order valence-corrected chi connectivity index (χ1v) is 12.0. The molecule has 0 spiro atoms. The van der Waals surface area contributed by atoms with E-state index in [1.165, 1.54) is 0 Å². The van der Waals surface area contributed by atoms with E-state index < -0.39 is 0 Å². The van der Waals surface area contributed by atoms with E-state index in [9.17, 15) is 4.39 Å². The molecule has 182 valence electrons. The van der Waals surface area contributed by atoms with Gasteiger partial charge in [0.25, 0.3) is 0 Å². The number of nitrogens with zero attached hydrogens (tertiary/aromatic N) is 6. The zero-order valence-electron chi connectivity index (χ0n) is 20.2. The first-order chi connectivity index (χ1) is 17.0. The maximum absolute atomic E-state index is 13.9. The van der Waals surface area contributed by atoms with Crippen LogP contribution >= 0.6 is 0 Å². The lowest BCUT2D eigenvalue weighted by molar-refractivity contribution is -0.0660. The van der Waals surface area contributed by atoms with Crippen LogP contribution in [0.4, 0.5) is 10.1 Å². The van der Waals surface area contributed by atoms with Crippen LogP contribution in [0.3, 0.4) is 0 Å². The van der Waals surface area contributed by atoms with Gasteiger partial charge >= 0.3 is 0 Å². The molecule has 0 unspecified atom stereocenters. The Morgan fingerprint density at radius 2 is 1.77 bits per heavy atom. The van der Waals surface area contributed by atoms with Crippen LogP contribution in [0.1, 0.15) is 11.1 Å². The molecule has 2 fully saturated rings. The maximum Gasteiger partial charge on any atom is 0.147 e. The Hall–Kier alpha value is -3.43. The number of ether oxygens (including phenoxy) is 2. The third-order valence-corrected chi connectivity index (χ3v) is 7.20. The number of benzene rings is 1. The summed E-state index contributed by atoms with van der Waals surface area (Å²) in [5, 5.41) is 4.57. The first-order valence-electron chi connectivity index (χ1n) is 12.0. The van der Waals surface area contributed by atoms with Gasteiger partial charge in [-0.3, -0.25) is 9.30 Å². The lowest BCUT2D eigenvalue weighted by Gasteiger charge is -2.43. The van der Waals surface area contributed by atoms with Crippen molar-refractivity contribution < 1.29 is 13.9 Å². The van der Waals surface area contributed by atoms with Gasteiger partial charge in [0.1, 0.15) is 17.2 Å². The van der Waals surface area contributed by atoms with Crippen LogP contribution in [0.25, 0.3) is 22.6 Å². The van der Waals surface area contributed by atoms with Crippen LogP contribution in [0.5, 0.6) is 5.75 Å². The zero-order chi connectivity index (χ0) is 24.1. The second-order valence-electron chi connectivity index (χ2n) is 9.37. The van der Waals surface area contributed by atoms with Crippen molar-refractivity contribution in [2.45, 2.75) is 19.9 Å². The van der Waals surface area contributed by atoms with E-state index in [0.717, 1.165) is 79.0 Å². The van der Waals surface area contributed by atoms with Crippen molar-refractivity contribution >= 4 is 11.3 Å². The number of hydrogen-bond acceptors (Lipinski definition) is 6. The molecule has 1 aromatic carbocycles. The number of aryl methyl sites for hydroxylation is 2. The van der Waals surface area contributed by atoms with E-state index in [1.807, 2.05) is 37.6 Å². The number of methoxy groups -OCH3 is 1. The predicted octanol–water partition coefficient (Wildman–Crippen LogP) is 3.47. The molecule has 0 radical (unpaired) electrons. The molecule has 0 N–H and O–H groups in total. The Bertz CT molecular complexity index is 1380. The second-order valence-corrected chi connectivity index (χ2v) is 9.37. The van der Waals surface area contributed by atoms with Crippen LogP contribution < -0.4 is 9.64 Å². The van der Waals surface area contributed by atoms with E-state index in [4.69, 9.17) is 9.47 Å². The Balaban J connectivity index is 1.33. The standard InChI is InChI=1S/C26H29FN6O2/c1-17-9-22(18(2)8-21(17)27)33-13-19(11-29-33)23-12-28-26-10-25(34-3)24(14-32(23)26)31-6-4-30(5-7-31)20-15-35-16-20/h8-14,20H,4-7,15-16H2,1-3H3. The molecule has 0 amide bonds. The number of piperazine rings is 1. The van der Waals surface area contributed by atoms with Crippen LogP contribution in [0.15, 0.2) is 43.0 Å². The van der Waals surface area contributed by atoms with E-state index in [-0.39, 0.29) is 5.82 Å². The first kappa shape index (κ1) is 22.1. The number of pyridine rings is 1. The van der Waals surface area contributed by atoms with Gasteiger partial charge in [-0.1, -0.05) is 0 Å². The molecule has 5 heterocycles. The Labute approximate surface area is 203 Å². The van der Waals surface area contributed by atoms with Crippen LogP contribution in [-0.4, -0.2) is 76.6 Å². The van der Waals surface area contributed by atoms with Crippen molar-refractivity contribution in [1.82, 2.24) is 24.1 Å². The molecular weight excluding hydrogens is 447 g/mol. The Kier molecular flexibility index (Phi) is 5.46. The monoisotopic (exact) mass is 476 g/mol. The quantitative estimate of drug-likeness (QED) is 0.440. The van der Waals surface area contributed by atoms with Crippen molar-refractivity contribution in [2.75, 3.05) is 51.4 Å². The summed E-state index contributed by atoms with van der Waals surface area (Å²) < 4.78 is 29.0. The number of aromatic nitrogens is 4. The van der Waals surface area contributed by atoms with Crippen molar-refractivity contribution in [3.05, 3.63) is 59.9 Å². The van der Waals surface area contributed by atoms with Gasteiger partial charge < -0.3 is 14.4 Å². The summed E-state index contributed by atoms with van der Waals surface area (Å²) in [6.45, 7) is 9.24. The number of fused-ring (bicyclic) bond motifs is 1. The number of imidazole rings is 1. The molecule has 0 saturated carbocycles. The minimum absolute atomic E-state index is 0.205. The molecule has 35 heavy (non-hydrogen) atoms. The van der Waals surface area contributed by atoms with Gasteiger partial charge in [0.15, 0.2) is 0 Å². The van der Waals surface area contributed by atoms with Gasteiger partial charge in [0.2, 0.25) is 0 Å². The molecule has 0 atom stereocenters. The summed E-state index contributed by atoms with van der Waals surface area (Å²) in [5.41, 5.74) is 6.04. The van der Waals surface area contributed by atoms with Gasteiger partial charge in [-0.2, -0.15) is 5.10 Å². The number of hydrogen-bond donors (Lipinski definition) is 0. The Morgan fingerprint density at radius 1 is 0.971 bits per heavy atom. The lowest BCUT2D eigenvalue weighted by atomic mass is 10.1. The van der Waals surface area contributed by atoms with Crippen molar-refractivity contribution in [3.63, 3.8) is 0 Å². The molecule has 3 aromatic heterocycles. The zero-order valence-corrected chi connectivity index (χ0v) is 20.2. The van der Waals surface area contributed by atoms with Gasteiger partial charge in [-0.05, 0) is 37.1 Å². The van der Waals surface area contributed by atoms with E-state index in [0.29, 0.717) is 11.6 Å². The summed E-state index contributed by atoms with van der Waals surface area (Å²) in [5.74, 6) is 0.618. The number of rotatable bonds is 5. The van der Waals surface area contributed by atoms with Crippen molar-refractivity contribution in [3.8, 4) is 22.7 Å². The molecule has 0 bridgehead atoms. The highest BCUT2D eigenvalue weighted by Crippen LogP contribution is 2.33. The summed E-state index contributed by atoms with van der Waals surface area (Å²) in [4.78, 5) is 9.52. The van der Waals surface area contributed by atoms with Crippen molar-refractivity contribution in [2.24, 2.45) is 0 Å². The fraction of sp³-hybridized carbons (Fsp3) is 0.385. The molecule has 4 aromatic rings. The van der Waals surface area contributed by atoms with Crippen LogP contribution in [-0.2, 0) is 4.74 Å². The molecule has 2 saturated heterocycles. The van der Waals surface area contributed by atoms with E-state index in [2.05, 4.69) is 30.5 Å². The van der Waals surface area contributed by atoms with Gasteiger partial charge in [-0.15, -0.1) is 0 Å². The summed E-state index contributed by atoms with van der Waals surface area (Å²) in [6, 6.07) is 5.93. The molecule has 2 aliphatic heterocycles. The number of anilines is 1. The van der Waals surface area contributed by atoms with E-state index in [1.54, 1.807) is 24.8 Å². The van der Waals surface area contributed by atoms with Gasteiger partial charge in [-0.25, -0.2) is 14.1 Å². The average molecular weight is 477 g/mol. The fourth-order valence-corrected chi connectivity index (χ4v) is 4.97. The van der Waals surface area contributed by atoms with Crippen LogP contribution in [0, 0.1) is 19.7 Å². The molecule has 9 heteroatoms. The minimum Gasteiger partial charge on any atom is -0.494 e. The highest BCUT2D eigenvalue weighted by Gasteiger charge is 2.30. The number of halogens is 1. The van der Waals surface area contributed by atoms with E-state index >= 15 is 0 Å². The average Bonchev–Trinajstić information content (AvgIpc) is 3.46. The molecule has 2 aliphatic rings. The molecule has 6 rings (SSSR count). The maximum atomic E-state index is 13.9. The normalized spacial score (nSPS) is 17.2. The van der Waals surface area contributed by atoms with Gasteiger partial charge in [0, 0.05) is 50.2 Å². The van der Waals surface area contributed by atoms with Crippen molar-refractivity contribution in [1.29, 1.82) is 0 Å². The Morgan fingerprint density at radius 3 is 2.49 bits per heavy atom. The largest absolute Gasteiger partial charge is 0.494 e. The highest BCUT2D eigenvalue weighted by molar-refractivity contribution is 5.69. The topological polar surface area (TPSA) is 60.1 Å². The third-order valence-electron chi connectivity index (χ3n) is 7.20. The minimum atomic E-state index is -0.205. The molecule has 8 nitrogen and oxygen atoms in total. The molecular formula is C26H29FN6O2. The smallest absolute Gasteiger partial charge is 0.147 e. The molecule has 0 aliphatic carbocycles. The second kappa shape index (κ2) is 8.66.